The Morgan fingerprint density at radius 2 is 2.33 bits per heavy atom. The van der Waals surface area contributed by atoms with Gasteiger partial charge in [0.15, 0.2) is 0 Å². The summed E-state index contributed by atoms with van der Waals surface area (Å²) < 4.78 is 5.79. The second-order valence-electron chi connectivity index (χ2n) is 4.38. The van der Waals surface area contributed by atoms with Crippen molar-refractivity contribution < 1.29 is 9.53 Å². The molecule has 0 aromatic rings. The van der Waals surface area contributed by atoms with Gasteiger partial charge in [0.2, 0.25) is 0 Å². The molecule has 0 aliphatic carbocycles. The average molecular weight is 382 g/mol. The van der Waals surface area contributed by atoms with Crippen LogP contribution in [0, 0.1) is 5.92 Å². The number of ether oxygens (including phenoxy) is 1. The molecule has 0 saturated heterocycles. The fourth-order valence-electron chi connectivity index (χ4n) is 1.94. The van der Waals surface area contributed by atoms with Crippen molar-refractivity contribution in [2.75, 3.05) is 6.26 Å². The molecule has 2 nitrogen and oxygen atoms in total. The second-order valence-corrected chi connectivity index (χ2v) is 7.33. The van der Waals surface area contributed by atoms with E-state index in [1.54, 1.807) is 8.93 Å². The average Bonchev–Trinajstić information content (AvgIpc) is 2.31. The predicted molar refractivity (Wildman–Crippen MR) is 89.2 cm³/mol. The van der Waals surface area contributed by atoms with Gasteiger partial charge in [0.05, 0.1) is 12.2 Å². The maximum Gasteiger partial charge on any atom is 0.122 e. The van der Waals surface area contributed by atoms with E-state index in [2.05, 4.69) is 40.8 Å². The molecule has 0 bridgehead atoms. The fraction of sp³-hybridized carbons (Fsp3) is 0.643. The van der Waals surface area contributed by atoms with Crippen LogP contribution < -0.4 is 0 Å². The van der Waals surface area contributed by atoms with Crippen molar-refractivity contribution in [1.82, 2.24) is 0 Å². The number of carbonyl (C=O) groups is 1. The van der Waals surface area contributed by atoms with Crippen LogP contribution in [0.25, 0.3) is 0 Å². The topological polar surface area (TPSA) is 26.3 Å². The van der Waals surface area contributed by atoms with E-state index in [0.717, 1.165) is 25.5 Å². The summed E-state index contributed by atoms with van der Waals surface area (Å²) in [5.74, 6) is 0.607. The van der Waals surface area contributed by atoms with Crippen LogP contribution >= 0.6 is 30.1 Å². The van der Waals surface area contributed by atoms with Crippen molar-refractivity contribution in [1.29, 1.82) is 0 Å². The summed E-state index contributed by atoms with van der Waals surface area (Å²) >= 11 is 2.20. The molecule has 1 aliphatic rings. The summed E-state index contributed by atoms with van der Waals surface area (Å²) in [6, 6.07) is 0. The lowest BCUT2D eigenvalue weighted by Gasteiger charge is -2.26. The molecule has 1 unspecified atom stereocenters. The Morgan fingerprint density at radius 3 is 2.89 bits per heavy atom. The molecule has 0 amide bonds. The molecule has 0 N–H and O–H groups in total. The zero-order valence-corrected chi connectivity index (χ0v) is 14.2. The molecule has 0 saturated carbocycles. The first-order valence-electron chi connectivity index (χ1n) is 6.19. The van der Waals surface area contributed by atoms with E-state index in [-0.39, 0.29) is 12.2 Å². The molecule has 1 heterocycles. The van der Waals surface area contributed by atoms with E-state index in [1.165, 1.54) is 0 Å². The first-order chi connectivity index (χ1) is 8.67. The first-order valence-corrected chi connectivity index (χ1v) is 9.96. The van der Waals surface area contributed by atoms with E-state index >= 15 is 0 Å². The van der Waals surface area contributed by atoms with E-state index in [9.17, 15) is 4.79 Å². The molecule has 3 atom stereocenters. The van der Waals surface area contributed by atoms with E-state index in [0.29, 0.717) is 12.3 Å². The fourth-order valence-corrected chi connectivity index (χ4v) is 1.94. The molecule has 18 heavy (non-hydrogen) atoms. The normalized spacial score (nSPS) is 23.7. The third-order valence-corrected chi connectivity index (χ3v) is 2.68. The van der Waals surface area contributed by atoms with Crippen molar-refractivity contribution in [3.63, 3.8) is 0 Å². The molecule has 4 heteroatoms. The highest BCUT2D eigenvalue weighted by atomic mass is 127. The van der Waals surface area contributed by atoms with Gasteiger partial charge in [0.1, 0.15) is 6.29 Å². The van der Waals surface area contributed by atoms with Crippen LogP contribution in [0.1, 0.15) is 32.6 Å². The first kappa shape index (κ1) is 18.2. The summed E-state index contributed by atoms with van der Waals surface area (Å²) in [6.07, 6.45) is 12.8. The van der Waals surface area contributed by atoms with Gasteiger partial charge in [0.25, 0.3) is 0 Å². The number of halogens is 1. The van der Waals surface area contributed by atoms with Gasteiger partial charge in [-0.05, 0) is 52.6 Å². The minimum atomic E-state index is -0.00261. The summed E-state index contributed by atoms with van der Waals surface area (Å²) in [6.45, 7) is 5.94. The van der Waals surface area contributed by atoms with Crippen molar-refractivity contribution in [3.05, 3.63) is 24.8 Å². The molecule has 0 fully saturated rings. The number of carbonyl (C=O) groups excluding carboxylic acids is 1. The minimum absolute atomic E-state index is 0.00261. The SMILES string of the molecule is C=CC[C@H](C)C[C@@H]1CC=CC(CC=O)O1.CSI. The van der Waals surface area contributed by atoms with Gasteiger partial charge in [-0.25, -0.2) is 0 Å². The van der Waals surface area contributed by atoms with Gasteiger partial charge in [-0.15, -0.1) is 6.58 Å². The minimum Gasteiger partial charge on any atom is -0.370 e. The Morgan fingerprint density at radius 1 is 1.67 bits per heavy atom. The van der Waals surface area contributed by atoms with Gasteiger partial charge < -0.3 is 9.53 Å². The maximum atomic E-state index is 10.4. The van der Waals surface area contributed by atoms with Gasteiger partial charge in [0, 0.05) is 6.42 Å². The van der Waals surface area contributed by atoms with Crippen LogP contribution in [-0.2, 0) is 9.53 Å². The highest BCUT2D eigenvalue weighted by molar-refractivity contribution is 14.2. The van der Waals surface area contributed by atoms with Crippen LogP contribution in [0.4, 0.5) is 0 Å². The Hall–Kier alpha value is 0.190. The van der Waals surface area contributed by atoms with Gasteiger partial charge >= 0.3 is 0 Å². The third-order valence-electron chi connectivity index (χ3n) is 2.68. The third kappa shape index (κ3) is 9.16. The smallest absolute Gasteiger partial charge is 0.122 e. The van der Waals surface area contributed by atoms with Gasteiger partial charge in [-0.1, -0.05) is 34.1 Å². The molecule has 1 rings (SSSR count). The van der Waals surface area contributed by atoms with Crippen molar-refractivity contribution in [2.45, 2.75) is 44.8 Å². The lowest BCUT2D eigenvalue weighted by molar-refractivity contribution is -0.111. The van der Waals surface area contributed by atoms with Crippen molar-refractivity contribution >= 4 is 36.4 Å². The molecular weight excluding hydrogens is 359 g/mol. The summed E-state index contributed by atoms with van der Waals surface area (Å²) in [5, 5.41) is 0. The quantitative estimate of drug-likeness (QED) is 0.382. The van der Waals surface area contributed by atoms with Crippen LogP contribution in [0.3, 0.4) is 0 Å². The zero-order valence-electron chi connectivity index (χ0n) is 11.2. The number of allylic oxidation sites excluding steroid dienone is 1. The lowest BCUT2D eigenvalue weighted by Crippen LogP contribution is -2.26. The van der Waals surface area contributed by atoms with Gasteiger partial charge in [-0.2, -0.15) is 0 Å². The van der Waals surface area contributed by atoms with Crippen molar-refractivity contribution in [3.8, 4) is 0 Å². The zero-order chi connectivity index (χ0) is 13.8. The monoisotopic (exact) mass is 382 g/mol. The van der Waals surface area contributed by atoms with E-state index in [4.69, 9.17) is 4.74 Å². The van der Waals surface area contributed by atoms with Crippen LogP contribution in [-0.4, -0.2) is 24.7 Å². The predicted octanol–water partition coefficient (Wildman–Crippen LogP) is 4.59. The van der Waals surface area contributed by atoms with Crippen LogP contribution in [0.5, 0.6) is 0 Å². The Labute approximate surface area is 127 Å². The Bertz CT molecular complexity index is 256. The highest BCUT2D eigenvalue weighted by Gasteiger charge is 2.19. The van der Waals surface area contributed by atoms with Crippen LogP contribution in [0.15, 0.2) is 24.8 Å². The van der Waals surface area contributed by atoms with E-state index < -0.39 is 0 Å². The number of hydrogen-bond donors (Lipinski definition) is 0. The molecule has 1 aliphatic heterocycles. The molecule has 104 valence electrons. The summed E-state index contributed by atoms with van der Waals surface area (Å²) in [4.78, 5) is 10.4. The van der Waals surface area contributed by atoms with Crippen LogP contribution in [0.2, 0.25) is 0 Å². The highest BCUT2D eigenvalue weighted by Crippen LogP contribution is 2.21. The van der Waals surface area contributed by atoms with E-state index in [1.807, 2.05) is 18.4 Å². The molecule has 0 aromatic carbocycles. The second kappa shape index (κ2) is 12.2. The summed E-state index contributed by atoms with van der Waals surface area (Å²) in [5.41, 5.74) is 0. The van der Waals surface area contributed by atoms with Crippen molar-refractivity contribution in [2.24, 2.45) is 5.92 Å². The standard InChI is InChI=1S/C13H20O2.CH3IS/c1-3-5-11(2)10-13-7-4-6-12(15-13)8-9-14;1-3-2/h3-4,6,9,11-13H,1,5,7-8,10H2,2H3;1H3/t11-,12?,13-;/m0./s1. The Balaban J connectivity index is 0.000000873. The molecule has 0 aromatic heterocycles. The summed E-state index contributed by atoms with van der Waals surface area (Å²) in [7, 11) is 1.72. The Kier molecular flexibility index (Phi) is 12.4. The van der Waals surface area contributed by atoms with Gasteiger partial charge in [-0.3, -0.25) is 0 Å². The molecular formula is C14H23IO2S. The molecule has 0 spiro atoms. The number of hydrogen-bond acceptors (Lipinski definition) is 3. The largest absolute Gasteiger partial charge is 0.370 e. The molecule has 0 radical (unpaired) electrons. The number of aldehydes is 1. The number of rotatable bonds is 6. The maximum absolute atomic E-state index is 10.4. The lowest BCUT2D eigenvalue weighted by atomic mass is 9.96.